The molecule has 1 N–H and O–H groups in total. The van der Waals surface area contributed by atoms with Crippen LogP contribution >= 0.6 is 0 Å². The zero-order valence-corrected chi connectivity index (χ0v) is 11.0. The molecule has 3 rings (SSSR count). The topological polar surface area (TPSA) is 62.5 Å². The van der Waals surface area contributed by atoms with Crippen LogP contribution in [0.3, 0.4) is 0 Å². The van der Waals surface area contributed by atoms with Crippen molar-refractivity contribution in [3.05, 3.63) is 58.9 Å². The molecular formula is C15H14N2O3. The standard InChI is InChI=1S/C15H14N2O3/c1-16-6-2-3-13(16)14(18)17-8-11-5-4-10(15(19)20)7-12(11)9-17/h2-7H,8-9H2,1H3,(H,19,20). The van der Waals surface area contributed by atoms with E-state index in [1.807, 2.05) is 19.3 Å². The summed E-state index contributed by atoms with van der Waals surface area (Å²) < 4.78 is 1.79. The molecule has 5 nitrogen and oxygen atoms in total. The van der Waals surface area contributed by atoms with Crippen molar-refractivity contribution in [2.24, 2.45) is 7.05 Å². The summed E-state index contributed by atoms with van der Waals surface area (Å²) in [5.41, 5.74) is 2.82. The second kappa shape index (κ2) is 4.52. The number of amides is 1. The summed E-state index contributed by atoms with van der Waals surface area (Å²) in [5.74, 6) is -0.981. The Morgan fingerprint density at radius 1 is 1.15 bits per heavy atom. The van der Waals surface area contributed by atoms with Gasteiger partial charge in [-0.1, -0.05) is 6.07 Å². The smallest absolute Gasteiger partial charge is 0.335 e. The Kier molecular flexibility index (Phi) is 2.82. The van der Waals surface area contributed by atoms with Gasteiger partial charge in [-0.15, -0.1) is 0 Å². The molecule has 2 aromatic rings. The maximum Gasteiger partial charge on any atom is 0.335 e. The van der Waals surface area contributed by atoms with E-state index in [0.29, 0.717) is 18.8 Å². The van der Waals surface area contributed by atoms with E-state index < -0.39 is 5.97 Å². The van der Waals surface area contributed by atoms with Crippen molar-refractivity contribution in [1.82, 2.24) is 9.47 Å². The number of aromatic nitrogens is 1. The minimum Gasteiger partial charge on any atom is -0.478 e. The van der Waals surface area contributed by atoms with Crippen molar-refractivity contribution in [2.45, 2.75) is 13.1 Å². The first kappa shape index (κ1) is 12.5. The third kappa shape index (κ3) is 1.97. The number of carboxylic acids is 1. The fourth-order valence-electron chi connectivity index (χ4n) is 2.52. The number of fused-ring (bicyclic) bond motifs is 1. The normalized spacial score (nSPS) is 13.3. The van der Waals surface area contributed by atoms with Crippen LogP contribution in [0.1, 0.15) is 32.0 Å². The number of benzene rings is 1. The Hall–Kier alpha value is -2.56. The number of aromatic carboxylic acids is 1. The molecule has 0 radical (unpaired) electrons. The van der Waals surface area contributed by atoms with E-state index in [1.165, 1.54) is 0 Å². The molecule has 0 saturated heterocycles. The monoisotopic (exact) mass is 270 g/mol. The Bertz CT molecular complexity index is 703. The molecule has 0 fully saturated rings. The first-order chi connectivity index (χ1) is 9.56. The predicted octanol–water partition coefficient (Wildman–Crippen LogP) is 1.88. The van der Waals surface area contributed by atoms with Crippen molar-refractivity contribution in [3.8, 4) is 0 Å². The fraction of sp³-hybridized carbons (Fsp3) is 0.200. The lowest BCUT2D eigenvalue weighted by molar-refractivity contribution is 0.0696. The molecule has 0 unspecified atom stereocenters. The highest BCUT2D eigenvalue weighted by atomic mass is 16.4. The zero-order valence-electron chi connectivity index (χ0n) is 11.0. The molecule has 0 spiro atoms. The van der Waals surface area contributed by atoms with Gasteiger partial charge in [0.1, 0.15) is 5.69 Å². The molecule has 20 heavy (non-hydrogen) atoms. The summed E-state index contributed by atoms with van der Waals surface area (Å²) in [7, 11) is 1.83. The number of carbonyl (C=O) groups is 2. The van der Waals surface area contributed by atoms with Gasteiger partial charge >= 0.3 is 5.97 Å². The summed E-state index contributed by atoms with van der Waals surface area (Å²) in [6, 6.07) is 8.64. The summed E-state index contributed by atoms with van der Waals surface area (Å²) in [6.07, 6.45) is 1.83. The van der Waals surface area contributed by atoms with Gasteiger partial charge < -0.3 is 14.6 Å². The number of rotatable bonds is 2. The number of hydrogen-bond acceptors (Lipinski definition) is 2. The third-order valence-corrected chi connectivity index (χ3v) is 3.63. The van der Waals surface area contributed by atoms with Crippen LogP contribution in [-0.2, 0) is 20.1 Å². The van der Waals surface area contributed by atoms with E-state index in [9.17, 15) is 9.59 Å². The SMILES string of the molecule is Cn1cccc1C(=O)N1Cc2ccc(C(=O)O)cc2C1. The highest BCUT2D eigenvalue weighted by molar-refractivity contribution is 5.93. The maximum atomic E-state index is 12.4. The lowest BCUT2D eigenvalue weighted by atomic mass is 10.1. The van der Waals surface area contributed by atoms with Gasteiger partial charge in [0.05, 0.1) is 5.56 Å². The average Bonchev–Trinajstić information content (AvgIpc) is 3.02. The molecule has 5 heteroatoms. The van der Waals surface area contributed by atoms with Gasteiger partial charge in [0.2, 0.25) is 0 Å². The van der Waals surface area contributed by atoms with Gasteiger partial charge in [-0.25, -0.2) is 4.79 Å². The Morgan fingerprint density at radius 3 is 2.55 bits per heavy atom. The van der Waals surface area contributed by atoms with E-state index in [2.05, 4.69) is 0 Å². The molecule has 0 atom stereocenters. The summed E-state index contributed by atoms with van der Waals surface area (Å²) in [6.45, 7) is 0.986. The van der Waals surface area contributed by atoms with Crippen molar-refractivity contribution < 1.29 is 14.7 Å². The van der Waals surface area contributed by atoms with Gasteiger partial charge in [0.15, 0.2) is 0 Å². The predicted molar refractivity (Wildman–Crippen MR) is 72.4 cm³/mol. The molecule has 1 amide bonds. The molecule has 0 saturated carbocycles. The highest BCUT2D eigenvalue weighted by Gasteiger charge is 2.26. The van der Waals surface area contributed by atoms with E-state index in [1.54, 1.807) is 33.7 Å². The average molecular weight is 270 g/mol. The summed E-state index contributed by atoms with van der Waals surface area (Å²) in [4.78, 5) is 25.1. The van der Waals surface area contributed by atoms with Crippen molar-refractivity contribution >= 4 is 11.9 Å². The highest BCUT2D eigenvalue weighted by Crippen LogP contribution is 2.25. The van der Waals surface area contributed by atoms with Gasteiger partial charge in [0.25, 0.3) is 5.91 Å². The molecule has 2 heterocycles. The number of hydrogen-bond donors (Lipinski definition) is 1. The minimum absolute atomic E-state index is 0.0365. The maximum absolute atomic E-state index is 12.4. The molecule has 1 aromatic heterocycles. The third-order valence-electron chi connectivity index (χ3n) is 3.63. The first-order valence-corrected chi connectivity index (χ1v) is 6.32. The summed E-state index contributed by atoms with van der Waals surface area (Å²) >= 11 is 0. The quantitative estimate of drug-likeness (QED) is 0.906. The van der Waals surface area contributed by atoms with E-state index in [0.717, 1.165) is 11.1 Å². The minimum atomic E-state index is -0.944. The second-order valence-electron chi connectivity index (χ2n) is 4.95. The molecule has 1 aliphatic heterocycles. The number of carboxylic acid groups (broad SMARTS) is 1. The second-order valence-corrected chi connectivity index (χ2v) is 4.95. The van der Waals surface area contributed by atoms with E-state index in [4.69, 9.17) is 5.11 Å². The van der Waals surface area contributed by atoms with Crippen molar-refractivity contribution in [3.63, 3.8) is 0 Å². The molecule has 102 valence electrons. The molecular weight excluding hydrogens is 256 g/mol. The van der Waals surface area contributed by atoms with Crippen LogP contribution in [0.4, 0.5) is 0 Å². The van der Waals surface area contributed by atoms with Crippen LogP contribution < -0.4 is 0 Å². The lowest BCUT2D eigenvalue weighted by Gasteiger charge is -2.15. The van der Waals surface area contributed by atoms with Gasteiger partial charge in [-0.3, -0.25) is 4.79 Å². The number of nitrogens with zero attached hydrogens (tertiary/aromatic N) is 2. The van der Waals surface area contributed by atoms with Crippen LogP contribution in [0.15, 0.2) is 36.5 Å². The Balaban J connectivity index is 1.85. The molecule has 1 aromatic carbocycles. The van der Waals surface area contributed by atoms with Crippen molar-refractivity contribution in [1.29, 1.82) is 0 Å². The largest absolute Gasteiger partial charge is 0.478 e. The van der Waals surface area contributed by atoms with Crippen LogP contribution in [0.25, 0.3) is 0 Å². The Morgan fingerprint density at radius 2 is 1.90 bits per heavy atom. The molecule has 0 aliphatic carbocycles. The molecule has 0 bridgehead atoms. The van der Waals surface area contributed by atoms with E-state index >= 15 is 0 Å². The van der Waals surface area contributed by atoms with Crippen molar-refractivity contribution in [2.75, 3.05) is 0 Å². The zero-order chi connectivity index (χ0) is 14.3. The van der Waals surface area contributed by atoms with E-state index in [-0.39, 0.29) is 11.5 Å². The van der Waals surface area contributed by atoms with Gasteiger partial charge in [-0.2, -0.15) is 0 Å². The fourth-order valence-corrected chi connectivity index (χ4v) is 2.52. The Labute approximate surface area is 116 Å². The lowest BCUT2D eigenvalue weighted by Crippen LogP contribution is -2.26. The number of carbonyl (C=O) groups excluding carboxylic acids is 1. The number of aryl methyl sites for hydroxylation is 1. The van der Waals surface area contributed by atoms with Gasteiger partial charge in [0, 0.05) is 26.3 Å². The van der Waals surface area contributed by atoms with Crippen LogP contribution in [-0.4, -0.2) is 26.5 Å². The molecule has 1 aliphatic rings. The first-order valence-electron chi connectivity index (χ1n) is 6.32. The van der Waals surface area contributed by atoms with Crippen LogP contribution in [0.2, 0.25) is 0 Å². The van der Waals surface area contributed by atoms with Crippen LogP contribution in [0.5, 0.6) is 0 Å². The summed E-state index contributed by atoms with van der Waals surface area (Å²) in [5, 5.41) is 8.99. The van der Waals surface area contributed by atoms with Crippen LogP contribution in [0, 0.1) is 0 Å². The van der Waals surface area contributed by atoms with Gasteiger partial charge in [-0.05, 0) is 35.4 Å².